The fraction of sp³-hybridized carbons (Fsp3) is 1.00. The van der Waals surface area contributed by atoms with Crippen molar-refractivity contribution in [2.75, 3.05) is 20.6 Å². The molecule has 0 bridgehead atoms. The summed E-state index contributed by atoms with van der Waals surface area (Å²) in [7, 11) is 4.61. The summed E-state index contributed by atoms with van der Waals surface area (Å²) in [6.45, 7) is 5.80. The molecule has 2 aliphatic rings. The van der Waals surface area contributed by atoms with E-state index in [2.05, 4.69) is 38.2 Å². The Bertz CT molecular complexity index is 250. The lowest BCUT2D eigenvalue weighted by Gasteiger charge is -2.54. The second kappa shape index (κ2) is 5.92. The predicted octanol–water partition coefficient (Wildman–Crippen LogP) is 3.28. The molecule has 0 heterocycles. The molecule has 106 valence electrons. The number of nitrogens with one attached hydrogen (secondary N) is 1. The number of nitrogens with zero attached hydrogens (tertiary/aromatic N) is 1. The van der Waals surface area contributed by atoms with Crippen LogP contribution in [0.25, 0.3) is 0 Å². The lowest BCUT2D eigenvalue weighted by atomic mass is 9.64. The van der Waals surface area contributed by atoms with Crippen molar-refractivity contribution >= 4 is 0 Å². The summed E-state index contributed by atoms with van der Waals surface area (Å²) in [4.78, 5) is 2.55. The molecule has 2 fully saturated rings. The Labute approximate surface area is 114 Å². The molecule has 18 heavy (non-hydrogen) atoms. The van der Waals surface area contributed by atoms with Gasteiger partial charge in [-0.25, -0.2) is 0 Å². The minimum atomic E-state index is 0.424. The Morgan fingerprint density at radius 1 is 1.17 bits per heavy atom. The first-order valence-corrected chi connectivity index (χ1v) is 8.01. The fourth-order valence-corrected chi connectivity index (χ4v) is 4.09. The minimum absolute atomic E-state index is 0.424. The third-order valence-electron chi connectivity index (χ3n) is 5.65. The van der Waals surface area contributed by atoms with Crippen molar-refractivity contribution in [3.8, 4) is 0 Å². The molecule has 1 unspecified atom stereocenters. The minimum Gasteiger partial charge on any atom is -0.312 e. The van der Waals surface area contributed by atoms with E-state index in [9.17, 15) is 0 Å². The fourth-order valence-electron chi connectivity index (χ4n) is 4.09. The third kappa shape index (κ3) is 2.60. The Morgan fingerprint density at radius 2 is 1.78 bits per heavy atom. The topological polar surface area (TPSA) is 15.3 Å². The van der Waals surface area contributed by atoms with Crippen LogP contribution < -0.4 is 5.32 Å². The predicted molar refractivity (Wildman–Crippen MR) is 78.9 cm³/mol. The molecule has 2 nitrogen and oxygen atoms in total. The highest BCUT2D eigenvalue weighted by molar-refractivity contribution is 5.05. The van der Waals surface area contributed by atoms with Gasteiger partial charge in [-0.1, -0.05) is 20.3 Å². The molecular weight excluding hydrogens is 220 g/mol. The molecule has 2 heteroatoms. The van der Waals surface area contributed by atoms with Crippen LogP contribution in [0.4, 0.5) is 0 Å². The molecule has 0 aromatic heterocycles. The normalized spacial score (nSPS) is 35.5. The number of likely N-dealkylation sites (N-methyl/N-ethyl adjacent to an activating group) is 2. The van der Waals surface area contributed by atoms with Gasteiger partial charge in [0.25, 0.3) is 0 Å². The molecule has 0 radical (unpaired) electrons. The van der Waals surface area contributed by atoms with Gasteiger partial charge in [-0.05, 0) is 71.0 Å². The van der Waals surface area contributed by atoms with Crippen LogP contribution in [0, 0.1) is 11.8 Å². The Kier molecular flexibility index (Phi) is 4.71. The van der Waals surface area contributed by atoms with E-state index in [-0.39, 0.29) is 0 Å². The molecule has 1 N–H and O–H groups in total. The van der Waals surface area contributed by atoms with E-state index in [4.69, 9.17) is 0 Å². The molecule has 0 spiro atoms. The van der Waals surface area contributed by atoms with E-state index >= 15 is 0 Å². The molecule has 2 rings (SSSR count). The second-order valence-electron chi connectivity index (χ2n) is 6.91. The SMILES string of the molecule is CCNC(C1CCC1)C1(N(C)C)CCC(C)CC1. The van der Waals surface area contributed by atoms with E-state index in [1.165, 1.54) is 44.9 Å². The number of hydrogen-bond acceptors (Lipinski definition) is 2. The van der Waals surface area contributed by atoms with Crippen LogP contribution >= 0.6 is 0 Å². The largest absolute Gasteiger partial charge is 0.312 e. The van der Waals surface area contributed by atoms with Crippen LogP contribution in [0.2, 0.25) is 0 Å². The Balaban J connectivity index is 2.15. The van der Waals surface area contributed by atoms with Crippen LogP contribution in [0.3, 0.4) is 0 Å². The molecule has 2 aliphatic carbocycles. The Hall–Kier alpha value is -0.0800. The maximum Gasteiger partial charge on any atom is 0.0359 e. The van der Waals surface area contributed by atoms with Gasteiger partial charge >= 0.3 is 0 Å². The van der Waals surface area contributed by atoms with Crippen LogP contribution in [0.1, 0.15) is 58.8 Å². The van der Waals surface area contributed by atoms with Crippen molar-refractivity contribution < 1.29 is 0 Å². The second-order valence-corrected chi connectivity index (χ2v) is 6.91. The Morgan fingerprint density at radius 3 is 2.17 bits per heavy atom. The van der Waals surface area contributed by atoms with Gasteiger partial charge in [0.05, 0.1) is 0 Å². The van der Waals surface area contributed by atoms with Crippen molar-refractivity contribution in [2.45, 2.75) is 70.4 Å². The molecule has 0 aromatic rings. The average Bonchev–Trinajstić information content (AvgIpc) is 2.27. The summed E-state index contributed by atoms with van der Waals surface area (Å²) in [6, 6.07) is 0.721. The van der Waals surface area contributed by atoms with Gasteiger partial charge in [0.2, 0.25) is 0 Å². The number of hydrogen-bond donors (Lipinski definition) is 1. The van der Waals surface area contributed by atoms with Gasteiger partial charge in [0, 0.05) is 11.6 Å². The standard InChI is InChI=1S/C16H32N2/c1-5-17-15(14-7-6-8-14)16(18(3)4)11-9-13(2)10-12-16/h13-15,17H,5-12H2,1-4H3. The first-order valence-electron chi connectivity index (χ1n) is 8.01. The van der Waals surface area contributed by atoms with Gasteiger partial charge in [0.1, 0.15) is 0 Å². The molecule has 0 saturated heterocycles. The van der Waals surface area contributed by atoms with Crippen molar-refractivity contribution in [3.63, 3.8) is 0 Å². The zero-order chi connectivity index (χ0) is 13.2. The maximum absolute atomic E-state index is 3.85. The van der Waals surface area contributed by atoms with Gasteiger partial charge in [0.15, 0.2) is 0 Å². The van der Waals surface area contributed by atoms with Crippen LogP contribution in [-0.4, -0.2) is 37.1 Å². The van der Waals surface area contributed by atoms with Crippen LogP contribution in [0.15, 0.2) is 0 Å². The zero-order valence-corrected chi connectivity index (χ0v) is 12.8. The van der Waals surface area contributed by atoms with Gasteiger partial charge in [-0.2, -0.15) is 0 Å². The summed E-state index contributed by atoms with van der Waals surface area (Å²) in [6.07, 6.45) is 9.93. The molecule has 1 atom stereocenters. The van der Waals surface area contributed by atoms with Crippen molar-refractivity contribution in [1.29, 1.82) is 0 Å². The molecule has 2 saturated carbocycles. The summed E-state index contributed by atoms with van der Waals surface area (Å²) >= 11 is 0. The quantitative estimate of drug-likeness (QED) is 0.808. The summed E-state index contributed by atoms with van der Waals surface area (Å²) < 4.78 is 0. The summed E-state index contributed by atoms with van der Waals surface area (Å²) in [5.74, 6) is 1.86. The van der Waals surface area contributed by atoms with Gasteiger partial charge in [-0.15, -0.1) is 0 Å². The highest BCUT2D eigenvalue weighted by Crippen LogP contribution is 2.44. The first kappa shape index (κ1) is 14.3. The van der Waals surface area contributed by atoms with Gasteiger partial charge in [-0.3, -0.25) is 0 Å². The van der Waals surface area contributed by atoms with Crippen LogP contribution in [-0.2, 0) is 0 Å². The van der Waals surface area contributed by atoms with Gasteiger partial charge < -0.3 is 10.2 Å². The molecule has 0 aliphatic heterocycles. The maximum atomic E-state index is 3.85. The number of rotatable bonds is 5. The monoisotopic (exact) mass is 252 g/mol. The average molecular weight is 252 g/mol. The van der Waals surface area contributed by atoms with E-state index in [0.717, 1.165) is 24.4 Å². The van der Waals surface area contributed by atoms with Crippen molar-refractivity contribution in [1.82, 2.24) is 10.2 Å². The molecule has 0 amide bonds. The lowest BCUT2D eigenvalue weighted by molar-refractivity contribution is 0.00492. The molecular formula is C16H32N2. The van der Waals surface area contributed by atoms with Crippen molar-refractivity contribution in [3.05, 3.63) is 0 Å². The summed E-state index contributed by atoms with van der Waals surface area (Å²) in [5, 5.41) is 3.85. The third-order valence-corrected chi connectivity index (χ3v) is 5.65. The lowest BCUT2D eigenvalue weighted by Crippen LogP contribution is -2.64. The highest BCUT2D eigenvalue weighted by atomic mass is 15.2. The summed E-state index contributed by atoms with van der Waals surface area (Å²) in [5.41, 5.74) is 0.424. The van der Waals surface area contributed by atoms with Crippen LogP contribution in [0.5, 0.6) is 0 Å². The smallest absolute Gasteiger partial charge is 0.0359 e. The highest BCUT2D eigenvalue weighted by Gasteiger charge is 2.46. The first-order chi connectivity index (χ1) is 8.60. The van der Waals surface area contributed by atoms with Crippen molar-refractivity contribution in [2.24, 2.45) is 11.8 Å². The zero-order valence-electron chi connectivity index (χ0n) is 12.8. The van der Waals surface area contributed by atoms with E-state index in [0.29, 0.717) is 5.54 Å². The van der Waals surface area contributed by atoms with E-state index in [1.54, 1.807) is 0 Å². The van der Waals surface area contributed by atoms with E-state index in [1.807, 2.05) is 0 Å². The molecule has 0 aromatic carbocycles. The van der Waals surface area contributed by atoms with E-state index < -0.39 is 0 Å².